The third kappa shape index (κ3) is 12.1. The van der Waals surface area contributed by atoms with Gasteiger partial charge in [0.1, 0.15) is 6.10 Å². The van der Waals surface area contributed by atoms with Gasteiger partial charge in [-0.25, -0.2) is 4.98 Å². The summed E-state index contributed by atoms with van der Waals surface area (Å²) in [5, 5.41) is 3.55. The van der Waals surface area contributed by atoms with Gasteiger partial charge in [0.15, 0.2) is 0 Å². The number of carbonyl (C=O) groups excluding carboxylic acids is 1. The van der Waals surface area contributed by atoms with E-state index in [1.807, 2.05) is 46.1 Å². The Morgan fingerprint density at radius 1 is 1.21 bits per heavy atom. The number of aromatic nitrogens is 1. The molecular formula is C27H45NO3S2. The lowest BCUT2D eigenvalue weighted by Gasteiger charge is -2.19. The third-order valence-corrected chi connectivity index (χ3v) is 8.50. The van der Waals surface area contributed by atoms with Crippen LogP contribution in [0.15, 0.2) is 22.6 Å². The third-order valence-electron chi connectivity index (χ3n) is 5.79. The van der Waals surface area contributed by atoms with Gasteiger partial charge in [-0.3, -0.25) is 9.00 Å². The van der Waals surface area contributed by atoms with E-state index in [1.54, 1.807) is 11.3 Å². The molecule has 1 aromatic rings. The summed E-state index contributed by atoms with van der Waals surface area (Å²) in [5.41, 5.74) is 3.28. The smallest absolute Gasteiger partial charge is 0.306 e. The van der Waals surface area contributed by atoms with Crippen LogP contribution in [0.25, 0.3) is 6.08 Å². The van der Waals surface area contributed by atoms with Crippen molar-refractivity contribution in [2.45, 2.75) is 117 Å². The molecule has 0 fully saturated rings. The zero-order valence-corrected chi connectivity index (χ0v) is 23.6. The van der Waals surface area contributed by atoms with E-state index in [4.69, 9.17) is 4.74 Å². The fourth-order valence-corrected chi connectivity index (χ4v) is 5.92. The summed E-state index contributed by atoms with van der Waals surface area (Å²) in [5.74, 6) is 0.433. The van der Waals surface area contributed by atoms with Crippen molar-refractivity contribution in [2.75, 3.05) is 0 Å². The van der Waals surface area contributed by atoms with Gasteiger partial charge in [-0.1, -0.05) is 52.7 Å². The molecule has 188 valence electrons. The average molecular weight is 496 g/mol. The van der Waals surface area contributed by atoms with Gasteiger partial charge in [-0.05, 0) is 64.0 Å². The molecule has 4 atom stereocenters. The van der Waals surface area contributed by atoms with Crippen LogP contribution >= 0.6 is 11.3 Å². The normalized spacial score (nSPS) is 16.5. The first kappa shape index (κ1) is 29.8. The first-order chi connectivity index (χ1) is 15.5. The Labute approximate surface area is 208 Å². The Kier molecular flexibility index (Phi) is 14.1. The van der Waals surface area contributed by atoms with Crippen molar-refractivity contribution in [3.63, 3.8) is 0 Å². The van der Waals surface area contributed by atoms with Crippen molar-refractivity contribution in [3.8, 4) is 0 Å². The van der Waals surface area contributed by atoms with Crippen LogP contribution in [0.5, 0.6) is 0 Å². The summed E-state index contributed by atoms with van der Waals surface area (Å²) >= 11 is 1.62. The van der Waals surface area contributed by atoms with Crippen LogP contribution in [0, 0.1) is 12.8 Å². The molecule has 0 aromatic carbocycles. The molecule has 1 heterocycles. The maximum atomic E-state index is 12.3. The fourth-order valence-electron chi connectivity index (χ4n) is 3.90. The molecule has 0 saturated heterocycles. The lowest BCUT2D eigenvalue weighted by Crippen LogP contribution is -2.21. The second-order valence-electron chi connectivity index (χ2n) is 9.62. The maximum absolute atomic E-state index is 12.3. The summed E-state index contributed by atoms with van der Waals surface area (Å²) in [6.45, 7) is 16.6. The number of carbonyl (C=O) groups is 1. The quantitative estimate of drug-likeness (QED) is 0.185. The number of rotatable bonds is 15. The van der Waals surface area contributed by atoms with E-state index in [9.17, 15) is 9.00 Å². The SMILES string of the molecule is CCCC(=O)OC(C/C=C(/C)CCCC(C)CC(C)S(=O)C(C)C)/C(C)=C/c1csc(C)n1. The van der Waals surface area contributed by atoms with Crippen molar-refractivity contribution >= 4 is 34.2 Å². The molecule has 0 saturated carbocycles. The molecule has 33 heavy (non-hydrogen) atoms. The summed E-state index contributed by atoms with van der Waals surface area (Å²) < 4.78 is 18.1. The monoisotopic (exact) mass is 495 g/mol. The van der Waals surface area contributed by atoms with E-state index in [0.717, 1.165) is 48.4 Å². The second kappa shape index (κ2) is 15.6. The van der Waals surface area contributed by atoms with E-state index in [1.165, 1.54) is 5.57 Å². The van der Waals surface area contributed by atoms with E-state index >= 15 is 0 Å². The van der Waals surface area contributed by atoms with Gasteiger partial charge in [-0.2, -0.15) is 0 Å². The van der Waals surface area contributed by atoms with Gasteiger partial charge in [0, 0.05) is 39.5 Å². The van der Waals surface area contributed by atoms with E-state index in [2.05, 4.69) is 31.8 Å². The fraction of sp³-hybridized carbons (Fsp3) is 0.704. The molecular weight excluding hydrogens is 450 g/mol. The molecule has 0 spiro atoms. The zero-order valence-electron chi connectivity index (χ0n) is 22.0. The van der Waals surface area contributed by atoms with Crippen molar-refractivity contribution in [3.05, 3.63) is 33.3 Å². The van der Waals surface area contributed by atoms with Crippen LogP contribution in [-0.4, -0.2) is 31.8 Å². The topological polar surface area (TPSA) is 56.3 Å². The van der Waals surface area contributed by atoms with Crippen LogP contribution in [0.1, 0.15) is 104 Å². The molecule has 0 N–H and O–H groups in total. The van der Waals surface area contributed by atoms with Crippen LogP contribution in [-0.2, 0) is 20.3 Å². The molecule has 4 unspecified atom stereocenters. The highest BCUT2D eigenvalue weighted by atomic mass is 32.2. The number of allylic oxidation sites excluding steroid dienone is 1. The van der Waals surface area contributed by atoms with Gasteiger partial charge < -0.3 is 4.74 Å². The van der Waals surface area contributed by atoms with E-state index < -0.39 is 10.8 Å². The van der Waals surface area contributed by atoms with Crippen molar-refractivity contribution in [1.82, 2.24) is 4.98 Å². The van der Waals surface area contributed by atoms with Crippen LogP contribution in [0.4, 0.5) is 0 Å². The molecule has 0 aliphatic rings. The zero-order chi connectivity index (χ0) is 25.0. The second-order valence-corrected chi connectivity index (χ2v) is 13.1. The molecule has 0 aliphatic carbocycles. The Morgan fingerprint density at radius 2 is 1.91 bits per heavy atom. The number of ether oxygens (including phenoxy) is 1. The largest absolute Gasteiger partial charge is 0.457 e. The molecule has 0 bridgehead atoms. The summed E-state index contributed by atoms with van der Waals surface area (Å²) in [7, 11) is -0.747. The van der Waals surface area contributed by atoms with Crippen molar-refractivity contribution in [2.24, 2.45) is 5.92 Å². The summed E-state index contributed by atoms with van der Waals surface area (Å²) in [4.78, 5) is 16.7. The van der Waals surface area contributed by atoms with Gasteiger partial charge in [-0.15, -0.1) is 11.3 Å². The van der Waals surface area contributed by atoms with Crippen molar-refractivity contribution < 1.29 is 13.7 Å². The number of hydrogen-bond donors (Lipinski definition) is 0. The standard InChI is InChI=1S/C27H45NO3S2/c1-9-11-27(29)31-26(22(6)17-25-18-32-24(8)28-25)15-14-20(4)12-10-13-21(5)16-23(7)33(30)19(2)3/h14,17-19,21,23,26H,9-13,15-16H2,1-8H3/b20-14-,22-17+. The molecule has 0 aliphatic heterocycles. The number of nitrogens with zero attached hydrogens (tertiary/aromatic N) is 1. The Bertz CT molecular complexity index is 810. The Morgan fingerprint density at radius 3 is 2.48 bits per heavy atom. The molecule has 1 rings (SSSR count). The van der Waals surface area contributed by atoms with Gasteiger partial charge >= 0.3 is 5.97 Å². The number of aryl methyl sites for hydroxylation is 1. The minimum absolute atomic E-state index is 0.141. The number of esters is 1. The van der Waals surface area contributed by atoms with E-state index in [0.29, 0.717) is 18.8 Å². The van der Waals surface area contributed by atoms with E-state index in [-0.39, 0.29) is 22.6 Å². The van der Waals surface area contributed by atoms with Crippen LogP contribution in [0.2, 0.25) is 0 Å². The molecule has 0 amide bonds. The molecule has 1 aromatic heterocycles. The molecule has 4 nitrogen and oxygen atoms in total. The number of hydrogen-bond acceptors (Lipinski definition) is 5. The van der Waals surface area contributed by atoms with Gasteiger partial charge in [0.25, 0.3) is 0 Å². The maximum Gasteiger partial charge on any atom is 0.306 e. The lowest BCUT2D eigenvalue weighted by molar-refractivity contribution is -0.147. The first-order valence-corrected chi connectivity index (χ1v) is 14.5. The molecule has 0 radical (unpaired) electrons. The van der Waals surface area contributed by atoms with Gasteiger partial charge in [0.05, 0.1) is 10.7 Å². The summed E-state index contributed by atoms with van der Waals surface area (Å²) in [6.07, 6.45) is 10.2. The highest BCUT2D eigenvalue weighted by Gasteiger charge is 2.18. The Hall–Kier alpha value is -1.27. The highest BCUT2D eigenvalue weighted by molar-refractivity contribution is 7.86. The Balaban J connectivity index is 2.64. The molecule has 6 heteroatoms. The van der Waals surface area contributed by atoms with Gasteiger partial charge in [0.2, 0.25) is 0 Å². The predicted molar refractivity (Wildman–Crippen MR) is 144 cm³/mol. The minimum atomic E-state index is -0.747. The average Bonchev–Trinajstić information content (AvgIpc) is 3.14. The lowest BCUT2D eigenvalue weighted by atomic mass is 9.97. The highest BCUT2D eigenvalue weighted by Crippen LogP contribution is 2.22. The summed E-state index contributed by atoms with van der Waals surface area (Å²) in [6, 6.07) is 0. The van der Waals surface area contributed by atoms with Crippen molar-refractivity contribution in [1.29, 1.82) is 0 Å². The first-order valence-electron chi connectivity index (χ1n) is 12.4. The number of thiazole rings is 1. The predicted octanol–water partition coefficient (Wildman–Crippen LogP) is 7.65. The minimum Gasteiger partial charge on any atom is -0.457 e. The van der Waals surface area contributed by atoms with Crippen LogP contribution < -0.4 is 0 Å². The van der Waals surface area contributed by atoms with Crippen LogP contribution in [0.3, 0.4) is 0 Å².